The first-order valence-electron chi connectivity index (χ1n) is 4.96. The van der Waals surface area contributed by atoms with Crippen molar-refractivity contribution in [2.75, 3.05) is 11.1 Å². The van der Waals surface area contributed by atoms with Crippen molar-refractivity contribution >= 4 is 22.8 Å². The molecule has 0 saturated carbocycles. The van der Waals surface area contributed by atoms with Gasteiger partial charge in [0, 0.05) is 11.8 Å². The normalized spacial score (nSPS) is 10.8. The van der Waals surface area contributed by atoms with E-state index in [0.717, 1.165) is 5.52 Å². The van der Waals surface area contributed by atoms with Crippen LogP contribution in [0, 0.1) is 0 Å². The lowest BCUT2D eigenvalue weighted by Gasteiger charge is -1.94. The second-order valence-corrected chi connectivity index (χ2v) is 3.45. The zero-order valence-corrected chi connectivity index (χ0v) is 8.75. The molecule has 17 heavy (non-hydrogen) atoms. The number of fused-ring (bicyclic) bond motifs is 1. The minimum atomic E-state index is 0.388. The fourth-order valence-electron chi connectivity index (χ4n) is 1.44. The molecule has 0 bridgehead atoms. The van der Waals surface area contributed by atoms with Crippen molar-refractivity contribution in [3.63, 3.8) is 0 Å². The minimum absolute atomic E-state index is 0.388. The Balaban J connectivity index is 1.81. The van der Waals surface area contributed by atoms with Gasteiger partial charge in [-0.2, -0.15) is 9.97 Å². The number of nitrogens with one attached hydrogen (secondary N) is 1. The number of nitrogen functional groups attached to an aromatic ring is 1. The van der Waals surface area contributed by atoms with Crippen LogP contribution in [0.15, 0.2) is 33.5 Å². The third-order valence-corrected chi connectivity index (χ3v) is 2.22. The monoisotopic (exact) mass is 231 g/mol. The lowest BCUT2D eigenvalue weighted by molar-refractivity contribution is 0.410. The van der Waals surface area contributed by atoms with Crippen molar-refractivity contribution in [2.24, 2.45) is 0 Å². The Morgan fingerprint density at radius 2 is 2.29 bits per heavy atom. The predicted molar refractivity (Wildman–Crippen MR) is 60.0 cm³/mol. The molecule has 3 aromatic rings. The first-order valence-corrected chi connectivity index (χ1v) is 4.96. The first-order chi connectivity index (χ1) is 8.31. The maximum absolute atomic E-state index is 5.64. The SMILES string of the molecule is Nc1ccc2nc(NCc3ncon3)oc2c1. The van der Waals surface area contributed by atoms with Crippen LogP contribution in [0.25, 0.3) is 11.1 Å². The van der Waals surface area contributed by atoms with Gasteiger partial charge >= 0.3 is 0 Å². The maximum atomic E-state index is 5.64. The third kappa shape index (κ3) is 1.89. The van der Waals surface area contributed by atoms with E-state index >= 15 is 0 Å². The smallest absolute Gasteiger partial charge is 0.296 e. The summed E-state index contributed by atoms with van der Waals surface area (Å²) >= 11 is 0. The van der Waals surface area contributed by atoms with Crippen LogP contribution in [0.4, 0.5) is 11.7 Å². The van der Waals surface area contributed by atoms with Crippen molar-refractivity contribution in [1.82, 2.24) is 15.1 Å². The predicted octanol–water partition coefficient (Wildman–Crippen LogP) is 1.41. The molecule has 0 radical (unpaired) electrons. The number of aromatic nitrogens is 3. The van der Waals surface area contributed by atoms with Gasteiger partial charge < -0.3 is 20.0 Å². The van der Waals surface area contributed by atoms with Crippen molar-refractivity contribution < 1.29 is 8.94 Å². The van der Waals surface area contributed by atoms with E-state index in [-0.39, 0.29) is 0 Å². The summed E-state index contributed by atoms with van der Waals surface area (Å²) in [5, 5.41) is 6.61. The molecule has 2 heterocycles. The Hall–Kier alpha value is -2.57. The summed E-state index contributed by atoms with van der Waals surface area (Å²) in [5.74, 6) is 0.534. The van der Waals surface area contributed by atoms with E-state index < -0.39 is 0 Å². The van der Waals surface area contributed by atoms with Crippen LogP contribution in [-0.2, 0) is 6.54 Å². The largest absolute Gasteiger partial charge is 0.423 e. The summed E-state index contributed by atoms with van der Waals surface area (Å²) in [6.07, 6.45) is 1.27. The van der Waals surface area contributed by atoms with E-state index in [4.69, 9.17) is 10.2 Å². The van der Waals surface area contributed by atoms with E-state index in [1.54, 1.807) is 18.2 Å². The highest BCUT2D eigenvalue weighted by molar-refractivity contribution is 5.77. The molecule has 1 aromatic carbocycles. The summed E-state index contributed by atoms with van der Waals surface area (Å²) < 4.78 is 10.1. The molecule has 7 heteroatoms. The second-order valence-electron chi connectivity index (χ2n) is 3.45. The summed E-state index contributed by atoms with van der Waals surface area (Å²) in [7, 11) is 0. The number of benzene rings is 1. The highest BCUT2D eigenvalue weighted by Gasteiger charge is 2.06. The number of hydrogen-bond acceptors (Lipinski definition) is 7. The van der Waals surface area contributed by atoms with Gasteiger partial charge in [-0.3, -0.25) is 0 Å². The molecule has 7 nitrogen and oxygen atoms in total. The van der Waals surface area contributed by atoms with Gasteiger partial charge in [0.25, 0.3) is 6.01 Å². The van der Waals surface area contributed by atoms with Crippen LogP contribution in [0.5, 0.6) is 0 Å². The summed E-state index contributed by atoms with van der Waals surface area (Å²) in [6, 6.07) is 5.69. The molecule has 0 amide bonds. The number of nitrogens with zero attached hydrogens (tertiary/aromatic N) is 3. The highest BCUT2D eigenvalue weighted by Crippen LogP contribution is 2.21. The zero-order valence-electron chi connectivity index (χ0n) is 8.75. The van der Waals surface area contributed by atoms with Crippen LogP contribution in [0.2, 0.25) is 0 Å². The van der Waals surface area contributed by atoms with E-state index in [1.807, 2.05) is 0 Å². The molecular formula is C10H9N5O2. The molecule has 0 spiro atoms. The molecule has 0 aliphatic carbocycles. The highest BCUT2D eigenvalue weighted by atomic mass is 16.5. The fourth-order valence-corrected chi connectivity index (χ4v) is 1.44. The summed E-state index contributed by atoms with van der Waals surface area (Å²) in [4.78, 5) is 8.10. The number of oxazole rings is 1. The van der Waals surface area contributed by atoms with Gasteiger partial charge in [0.2, 0.25) is 6.39 Å². The Bertz CT molecular complexity index is 631. The fraction of sp³-hybridized carbons (Fsp3) is 0.100. The van der Waals surface area contributed by atoms with Crippen molar-refractivity contribution in [2.45, 2.75) is 6.54 Å². The molecule has 0 fully saturated rings. The van der Waals surface area contributed by atoms with Crippen LogP contribution >= 0.6 is 0 Å². The van der Waals surface area contributed by atoms with Gasteiger partial charge in [-0.15, -0.1) is 0 Å². The van der Waals surface area contributed by atoms with E-state index in [1.165, 1.54) is 6.39 Å². The quantitative estimate of drug-likeness (QED) is 0.656. The minimum Gasteiger partial charge on any atom is -0.423 e. The molecule has 0 aliphatic heterocycles. The maximum Gasteiger partial charge on any atom is 0.296 e. The molecular weight excluding hydrogens is 222 g/mol. The summed E-state index contributed by atoms with van der Waals surface area (Å²) in [6.45, 7) is 0.388. The van der Waals surface area contributed by atoms with Crippen molar-refractivity contribution in [1.29, 1.82) is 0 Å². The van der Waals surface area contributed by atoms with Crippen LogP contribution < -0.4 is 11.1 Å². The number of rotatable bonds is 3. The number of hydrogen-bond donors (Lipinski definition) is 2. The van der Waals surface area contributed by atoms with E-state index in [0.29, 0.717) is 29.7 Å². The van der Waals surface area contributed by atoms with E-state index in [9.17, 15) is 0 Å². The van der Waals surface area contributed by atoms with Gasteiger partial charge in [-0.05, 0) is 12.1 Å². The van der Waals surface area contributed by atoms with Gasteiger partial charge in [-0.25, -0.2) is 0 Å². The second kappa shape index (κ2) is 3.78. The lowest BCUT2D eigenvalue weighted by atomic mass is 10.3. The molecule has 3 rings (SSSR count). The standard InChI is InChI=1S/C10H9N5O2/c11-6-1-2-7-8(3-6)17-10(14-7)12-4-9-13-5-16-15-9/h1-3,5H,4,11H2,(H,12,14). The van der Waals surface area contributed by atoms with Crippen LogP contribution in [0.3, 0.4) is 0 Å². The molecule has 3 N–H and O–H groups in total. The Kier molecular flexibility index (Phi) is 2.14. The van der Waals surface area contributed by atoms with Gasteiger partial charge in [0.1, 0.15) is 5.52 Å². The Labute approximate surface area is 95.6 Å². The lowest BCUT2D eigenvalue weighted by Crippen LogP contribution is -2.00. The van der Waals surface area contributed by atoms with Gasteiger partial charge in [0.05, 0.1) is 6.54 Å². The molecule has 0 unspecified atom stereocenters. The van der Waals surface area contributed by atoms with Crippen molar-refractivity contribution in [3.05, 3.63) is 30.4 Å². The van der Waals surface area contributed by atoms with Crippen LogP contribution in [0.1, 0.15) is 5.82 Å². The Morgan fingerprint density at radius 3 is 3.12 bits per heavy atom. The van der Waals surface area contributed by atoms with Crippen molar-refractivity contribution in [3.8, 4) is 0 Å². The molecule has 0 atom stereocenters. The number of nitrogens with two attached hydrogens (primary N) is 1. The number of anilines is 2. The van der Waals surface area contributed by atoms with Gasteiger partial charge in [0.15, 0.2) is 11.4 Å². The van der Waals surface area contributed by atoms with Gasteiger partial charge in [-0.1, -0.05) is 5.16 Å². The molecule has 2 aromatic heterocycles. The topological polar surface area (TPSA) is 103 Å². The average Bonchev–Trinajstić information content (AvgIpc) is 2.94. The molecule has 86 valence electrons. The Morgan fingerprint density at radius 1 is 1.35 bits per heavy atom. The van der Waals surface area contributed by atoms with Crippen LogP contribution in [-0.4, -0.2) is 15.1 Å². The third-order valence-electron chi connectivity index (χ3n) is 2.22. The zero-order chi connectivity index (χ0) is 11.7. The first kappa shape index (κ1) is 9.64. The molecule has 0 aliphatic rings. The average molecular weight is 231 g/mol. The van der Waals surface area contributed by atoms with E-state index in [2.05, 4.69) is 25.0 Å². The molecule has 0 saturated heterocycles. The summed E-state index contributed by atoms with van der Waals surface area (Å²) in [5.41, 5.74) is 7.67.